The van der Waals surface area contributed by atoms with Crippen molar-refractivity contribution in [3.63, 3.8) is 0 Å². The number of carbonyl (C=O) groups is 2. The van der Waals surface area contributed by atoms with Crippen LogP contribution in [0.15, 0.2) is 24.3 Å². The smallest absolute Gasteiger partial charge is 0.235 e. The van der Waals surface area contributed by atoms with E-state index >= 15 is 0 Å². The Morgan fingerprint density at radius 3 is 2.54 bits per heavy atom. The molecule has 2 unspecified atom stereocenters. The minimum Gasteiger partial charge on any atom is -0.352 e. The van der Waals surface area contributed by atoms with Crippen LogP contribution >= 0.6 is 11.6 Å². The van der Waals surface area contributed by atoms with Crippen molar-refractivity contribution in [2.75, 3.05) is 5.88 Å². The summed E-state index contributed by atoms with van der Waals surface area (Å²) in [6.45, 7) is 7.06. The van der Waals surface area contributed by atoms with Crippen molar-refractivity contribution in [2.45, 2.75) is 65.5 Å². The van der Waals surface area contributed by atoms with E-state index < -0.39 is 0 Å². The lowest BCUT2D eigenvalue weighted by molar-refractivity contribution is -0.125. The average molecular weight is 379 g/mol. The second-order valence-corrected chi connectivity index (χ2v) is 8.44. The summed E-state index contributed by atoms with van der Waals surface area (Å²) < 4.78 is 0. The maximum atomic E-state index is 12.5. The molecule has 5 heteroatoms. The molecule has 2 amide bonds. The second-order valence-electron chi connectivity index (χ2n) is 8.17. The van der Waals surface area contributed by atoms with E-state index in [1.54, 1.807) is 0 Å². The van der Waals surface area contributed by atoms with E-state index in [1.807, 2.05) is 31.2 Å². The summed E-state index contributed by atoms with van der Waals surface area (Å²) in [4.78, 5) is 23.9. The number of halogens is 1. The molecule has 0 aromatic heterocycles. The number of hydrogen-bond acceptors (Lipinski definition) is 2. The summed E-state index contributed by atoms with van der Waals surface area (Å²) in [6, 6.07) is 7.87. The van der Waals surface area contributed by atoms with Crippen LogP contribution in [0.3, 0.4) is 0 Å². The molecule has 0 saturated heterocycles. The van der Waals surface area contributed by atoms with E-state index in [4.69, 9.17) is 11.6 Å². The molecule has 0 spiro atoms. The summed E-state index contributed by atoms with van der Waals surface area (Å²) in [6.07, 6.45) is 5.43. The van der Waals surface area contributed by atoms with Gasteiger partial charge in [0, 0.05) is 12.5 Å². The number of alkyl halides is 1. The number of hydrogen-bond donors (Lipinski definition) is 2. The van der Waals surface area contributed by atoms with Gasteiger partial charge in [-0.15, -0.1) is 11.6 Å². The largest absolute Gasteiger partial charge is 0.352 e. The third-order valence-corrected chi connectivity index (χ3v) is 5.63. The van der Waals surface area contributed by atoms with Crippen LogP contribution in [0.25, 0.3) is 0 Å². The summed E-state index contributed by atoms with van der Waals surface area (Å²) in [7, 11) is 0. The molecule has 4 nitrogen and oxygen atoms in total. The molecule has 26 heavy (non-hydrogen) atoms. The Morgan fingerprint density at radius 1 is 1.19 bits per heavy atom. The topological polar surface area (TPSA) is 58.2 Å². The zero-order valence-electron chi connectivity index (χ0n) is 16.1. The lowest BCUT2D eigenvalue weighted by Gasteiger charge is -2.21. The Hall–Kier alpha value is -1.55. The molecular formula is C21H31ClN2O2. The van der Waals surface area contributed by atoms with Gasteiger partial charge in [-0.05, 0) is 49.1 Å². The van der Waals surface area contributed by atoms with Crippen molar-refractivity contribution in [1.82, 2.24) is 10.6 Å². The summed E-state index contributed by atoms with van der Waals surface area (Å²) in [5.74, 6) is 0.103. The van der Waals surface area contributed by atoms with Gasteiger partial charge in [-0.2, -0.15) is 0 Å². The van der Waals surface area contributed by atoms with Crippen molar-refractivity contribution in [2.24, 2.45) is 11.3 Å². The van der Waals surface area contributed by atoms with E-state index in [2.05, 4.69) is 24.5 Å². The predicted molar refractivity (Wildman–Crippen MR) is 106 cm³/mol. The van der Waals surface area contributed by atoms with E-state index in [0.29, 0.717) is 12.0 Å². The van der Waals surface area contributed by atoms with Crippen LogP contribution in [0.2, 0.25) is 0 Å². The van der Waals surface area contributed by atoms with Gasteiger partial charge in [0.25, 0.3) is 0 Å². The second kappa shape index (κ2) is 9.40. The average Bonchev–Trinajstić information content (AvgIpc) is 2.80. The molecule has 144 valence electrons. The fourth-order valence-corrected chi connectivity index (χ4v) is 3.62. The molecule has 2 atom stereocenters. The highest BCUT2D eigenvalue weighted by Crippen LogP contribution is 2.36. The molecule has 0 bridgehead atoms. The maximum Gasteiger partial charge on any atom is 0.235 e. The van der Waals surface area contributed by atoms with Crippen LogP contribution in [0.4, 0.5) is 0 Å². The highest BCUT2D eigenvalue weighted by atomic mass is 35.5. The molecule has 0 aliphatic heterocycles. The van der Waals surface area contributed by atoms with Crippen molar-refractivity contribution >= 4 is 23.4 Å². The predicted octanol–water partition coefficient (Wildman–Crippen LogP) is 4.33. The fraction of sp³-hybridized carbons (Fsp3) is 0.619. The van der Waals surface area contributed by atoms with Gasteiger partial charge in [0.15, 0.2) is 0 Å². The Morgan fingerprint density at radius 2 is 1.88 bits per heavy atom. The molecule has 1 fully saturated rings. The van der Waals surface area contributed by atoms with Crippen molar-refractivity contribution in [3.05, 3.63) is 35.4 Å². The van der Waals surface area contributed by atoms with Gasteiger partial charge in [-0.1, -0.05) is 44.5 Å². The van der Waals surface area contributed by atoms with E-state index in [9.17, 15) is 9.59 Å². The third kappa shape index (κ3) is 6.31. The zero-order chi connectivity index (χ0) is 19.2. The van der Waals surface area contributed by atoms with Gasteiger partial charge in [-0.3, -0.25) is 9.59 Å². The minimum atomic E-state index is -0.179. The van der Waals surface area contributed by atoms with Crippen molar-refractivity contribution in [1.29, 1.82) is 0 Å². The van der Waals surface area contributed by atoms with Crippen LogP contribution in [-0.2, 0) is 16.1 Å². The summed E-state index contributed by atoms with van der Waals surface area (Å²) in [5, 5.41) is 5.92. The molecular weight excluding hydrogens is 348 g/mol. The van der Waals surface area contributed by atoms with Crippen molar-refractivity contribution in [3.8, 4) is 0 Å². The van der Waals surface area contributed by atoms with Crippen LogP contribution in [0, 0.1) is 11.3 Å². The molecule has 1 aromatic rings. The summed E-state index contributed by atoms with van der Waals surface area (Å²) >= 11 is 5.52. The first-order valence-corrected chi connectivity index (χ1v) is 10.1. The number of rotatable bonds is 6. The standard InChI is InChI=1S/C21H31ClN2O2/c1-15(24-19(25)13-22)17-8-6-16(7-9-17)14-23-20(26)18-5-4-11-21(2,3)12-10-18/h6-9,15,18H,4-5,10-14H2,1-3H3,(H,23,26)(H,24,25). The van der Waals surface area contributed by atoms with Gasteiger partial charge in [0.1, 0.15) is 5.88 Å². The van der Waals surface area contributed by atoms with E-state index in [-0.39, 0.29) is 29.7 Å². The Bertz CT molecular complexity index is 613. The lowest BCUT2D eigenvalue weighted by atomic mass is 9.85. The molecule has 1 aromatic carbocycles. The van der Waals surface area contributed by atoms with E-state index in [1.165, 1.54) is 6.42 Å². The number of carbonyl (C=O) groups excluding carboxylic acids is 2. The highest BCUT2D eigenvalue weighted by molar-refractivity contribution is 6.27. The minimum absolute atomic E-state index is 0.0349. The molecule has 1 aliphatic rings. The lowest BCUT2D eigenvalue weighted by Crippen LogP contribution is -2.30. The van der Waals surface area contributed by atoms with Gasteiger partial charge in [0.05, 0.1) is 6.04 Å². The Kier molecular flexibility index (Phi) is 7.51. The first-order valence-electron chi connectivity index (χ1n) is 9.52. The first-order chi connectivity index (χ1) is 12.3. The van der Waals surface area contributed by atoms with Gasteiger partial charge < -0.3 is 10.6 Å². The normalized spacial score (nSPS) is 20.7. The maximum absolute atomic E-state index is 12.5. The van der Waals surface area contributed by atoms with Gasteiger partial charge >= 0.3 is 0 Å². The Balaban J connectivity index is 1.83. The third-order valence-electron chi connectivity index (χ3n) is 5.39. The number of nitrogens with one attached hydrogen (secondary N) is 2. The monoisotopic (exact) mass is 378 g/mol. The van der Waals surface area contributed by atoms with Crippen LogP contribution < -0.4 is 10.6 Å². The summed E-state index contributed by atoms with van der Waals surface area (Å²) in [5.41, 5.74) is 2.44. The SMILES string of the molecule is CC(NC(=O)CCl)c1ccc(CNC(=O)C2CCCC(C)(C)CC2)cc1. The zero-order valence-corrected chi connectivity index (χ0v) is 16.9. The van der Waals surface area contributed by atoms with E-state index in [0.717, 1.165) is 36.8 Å². The fourth-order valence-electron chi connectivity index (χ4n) is 3.54. The molecule has 1 saturated carbocycles. The molecule has 0 radical (unpaired) electrons. The first kappa shape index (κ1) is 20.8. The number of amides is 2. The van der Waals surface area contributed by atoms with Gasteiger partial charge in [0.2, 0.25) is 11.8 Å². The highest BCUT2D eigenvalue weighted by Gasteiger charge is 2.27. The van der Waals surface area contributed by atoms with Crippen LogP contribution in [0.5, 0.6) is 0 Å². The molecule has 1 aliphatic carbocycles. The molecule has 0 heterocycles. The Labute approximate surface area is 162 Å². The van der Waals surface area contributed by atoms with Crippen LogP contribution in [-0.4, -0.2) is 17.7 Å². The molecule has 2 N–H and O–H groups in total. The van der Waals surface area contributed by atoms with Crippen molar-refractivity contribution < 1.29 is 9.59 Å². The quantitative estimate of drug-likeness (QED) is 0.572. The van der Waals surface area contributed by atoms with Gasteiger partial charge in [-0.25, -0.2) is 0 Å². The van der Waals surface area contributed by atoms with Crippen LogP contribution in [0.1, 0.15) is 70.0 Å². The number of benzene rings is 1. The molecule has 2 rings (SSSR count).